The number of nitrogens with two attached hydrogens (primary N) is 1. The van der Waals surface area contributed by atoms with Gasteiger partial charge in [0.2, 0.25) is 0 Å². The molecule has 4 nitrogen and oxygen atoms in total. The minimum atomic E-state index is 0.310. The van der Waals surface area contributed by atoms with Gasteiger partial charge in [-0.25, -0.2) is 0 Å². The maximum Gasteiger partial charge on any atom is 0.161 e. The van der Waals surface area contributed by atoms with Gasteiger partial charge >= 0.3 is 0 Å². The largest absolute Gasteiger partial charge is 0.389 e. The number of nitrogens with zero attached hydrogens (tertiary/aromatic N) is 3. The molecule has 0 amide bonds. The fraction of sp³-hybridized carbons (Fsp3) is 0.667. The molecule has 0 saturated carbocycles. The maximum atomic E-state index is 5.99. The lowest BCUT2D eigenvalue weighted by atomic mass is 9.93. The molecule has 0 spiro atoms. The highest BCUT2D eigenvalue weighted by molar-refractivity contribution is 7.80. The van der Waals surface area contributed by atoms with Crippen LogP contribution in [0.1, 0.15) is 50.9 Å². The number of aryl methyl sites for hydroxylation is 1. The Morgan fingerprint density at radius 2 is 2.00 bits per heavy atom. The average molecular weight is 292 g/mol. The Morgan fingerprint density at radius 1 is 1.30 bits per heavy atom. The molecule has 2 rings (SSSR count). The molecule has 2 N–H and O–H groups in total. The predicted octanol–water partition coefficient (Wildman–Crippen LogP) is 2.47. The SMILES string of the molecule is CCc1nnc(N2CCC(C)(C)C2)c(C(N)=S)c1CC. The van der Waals surface area contributed by atoms with Gasteiger partial charge in [0.1, 0.15) is 4.99 Å². The highest BCUT2D eigenvalue weighted by Crippen LogP contribution is 2.34. The normalized spacial score (nSPS) is 17.5. The van der Waals surface area contributed by atoms with E-state index in [1.165, 1.54) is 0 Å². The van der Waals surface area contributed by atoms with Crippen molar-refractivity contribution in [3.05, 3.63) is 16.8 Å². The number of hydrogen-bond acceptors (Lipinski definition) is 4. The third-order valence-corrected chi connectivity index (χ3v) is 4.26. The van der Waals surface area contributed by atoms with E-state index < -0.39 is 0 Å². The van der Waals surface area contributed by atoms with Crippen molar-refractivity contribution >= 4 is 23.0 Å². The summed E-state index contributed by atoms with van der Waals surface area (Å²) in [6.45, 7) is 10.7. The quantitative estimate of drug-likeness (QED) is 0.864. The molecule has 0 atom stereocenters. The van der Waals surface area contributed by atoms with Crippen molar-refractivity contribution < 1.29 is 0 Å². The smallest absolute Gasteiger partial charge is 0.161 e. The highest BCUT2D eigenvalue weighted by Gasteiger charge is 2.32. The fourth-order valence-corrected chi connectivity index (χ4v) is 3.15. The molecule has 1 saturated heterocycles. The maximum absolute atomic E-state index is 5.99. The third kappa shape index (κ3) is 2.77. The van der Waals surface area contributed by atoms with Crippen LogP contribution in [0, 0.1) is 5.41 Å². The van der Waals surface area contributed by atoms with Crippen LogP contribution in [0.2, 0.25) is 0 Å². The van der Waals surface area contributed by atoms with Gasteiger partial charge < -0.3 is 10.6 Å². The van der Waals surface area contributed by atoms with E-state index in [1.807, 2.05) is 0 Å². The zero-order valence-electron chi connectivity index (χ0n) is 12.9. The van der Waals surface area contributed by atoms with Crippen LogP contribution in [0.3, 0.4) is 0 Å². The van der Waals surface area contributed by atoms with Crippen LogP contribution in [0.5, 0.6) is 0 Å². The molecule has 0 aliphatic carbocycles. The Labute approximate surface area is 126 Å². The van der Waals surface area contributed by atoms with Crippen LogP contribution in [0.4, 0.5) is 5.82 Å². The molecule has 1 aromatic heterocycles. The summed E-state index contributed by atoms with van der Waals surface area (Å²) in [4.78, 5) is 2.71. The van der Waals surface area contributed by atoms with E-state index in [4.69, 9.17) is 18.0 Å². The standard InChI is InChI=1S/C15H24N4S/c1-5-10-11(6-2)17-18-14(12(10)13(16)20)19-8-7-15(3,4)9-19/h5-9H2,1-4H3,(H2,16,20). The molecular weight excluding hydrogens is 268 g/mol. The summed E-state index contributed by atoms with van der Waals surface area (Å²) in [5, 5.41) is 8.83. The Balaban J connectivity index is 2.51. The van der Waals surface area contributed by atoms with Crippen LogP contribution >= 0.6 is 12.2 Å². The molecule has 0 aromatic carbocycles. The second kappa shape index (κ2) is 5.64. The number of hydrogen-bond donors (Lipinski definition) is 1. The Morgan fingerprint density at radius 3 is 2.45 bits per heavy atom. The molecule has 2 heterocycles. The molecule has 0 bridgehead atoms. The summed E-state index contributed by atoms with van der Waals surface area (Å²) in [5.74, 6) is 0.872. The molecule has 1 aromatic rings. The van der Waals surface area contributed by atoms with Gasteiger partial charge in [-0.15, -0.1) is 5.10 Å². The van der Waals surface area contributed by atoms with Gasteiger partial charge in [0.15, 0.2) is 5.82 Å². The summed E-state index contributed by atoms with van der Waals surface area (Å²) in [7, 11) is 0. The molecule has 0 unspecified atom stereocenters. The van der Waals surface area contributed by atoms with Crippen molar-refractivity contribution in [3.8, 4) is 0 Å². The van der Waals surface area contributed by atoms with Gasteiger partial charge in [0, 0.05) is 13.1 Å². The van der Waals surface area contributed by atoms with Gasteiger partial charge in [0.05, 0.1) is 11.3 Å². The first-order valence-corrected chi connectivity index (χ1v) is 7.73. The van der Waals surface area contributed by atoms with Crippen LogP contribution in [-0.4, -0.2) is 28.3 Å². The van der Waals surface area contributed by atoms with Gasteiger partial charge in [0.25, 0.3) is 0 Å². The van der Waals surface area contributed by atoms with E-state index in [9.17, 15) is 0 Å². The lowest BCUT2D eigenvalue weighted by Gasteiger charge is -2.24. The Kier molecular flexibility index (Phi) is 4.28. The second-order valence-corrected chi connectivity index (χ2v) is 6.67. The molecule has 5 heteroatoms. The number of anilines is 1. The zero-order chi connectivity index (χ0) is 14.9. The van der Waals surface area contributed by atoms with Crippen molar-refractivity contribution in [3.63, 3.8) is 0 Å². The molecule has 1 aliphatic heterocycles. The van der Waals surface area contributed by atoms with Gasteiger partial charge in [-0.2, -0.15) is 5.10 Å². The summed E-state index contributed by atoms with van der Waals surface area (Å²) in [5.41, 5.74) is 9.41. The van der Waals surface area contributed by atoms with Gasteiger partial charge in [-0.3, -0.25) is 0 Å². The summed E-state index contributed by atoms with van der Waals surface area (Å²) in [6.07, 6.45) is 2.90. The van der Waals surface area contributed by atoms with E-state index in [1.54, 1.807) is 0 Å². The number of thiocarbonyl (C=S) groups is 1. The van der Waals surface area contributed by atoms with E-state index >= 15 is 0 Å². The molecular formula is C15H24N4S. The summed E-state index contributed by atoms with van der Waals surface area (Å²) >= 11 is 5.29. The van der Waals surface area contributed by atoms with E-state index in [0.29, 0.717) is 10.4 Å². The van der Waals surface area contributed by atoms with Gasteiger partial charge in [-0.05, 0) is 30.2 Å². The first-order valence-electron chi connectivity index (χ1n) is 7.32. The van der Waals surface area contributed by atoms with Gasteiger partial charge in [-0.1, -0.05) is 39.9 Å². The summed E-state index contributed by atoms with van der Waals surface area (Å²) in [6, 6.07) is 0. The lowest BCUT2D eigenvalue weighted by molar-refractivity contribution is 0.418. The van der Waals surface area contributed by atoms with Crippen molar-refractivity contribution in [2.24, 2.45) is 11.1 Å². The van der Waals surface area contributed by atoms with E-state index in [0.717, 1.165) is 55.0 Å². The first-order chi connectivity index (χ1) is 9.39. The third-order valence-electron chi connectivity index (χ3n) is 4.05. The summed E-state index contributed by atoms with van der Waals surface area (Å²) < 4.78 is 0. The average Bonchev–Trinajstić information content (AvgIpc) is 2.76. The molecule has 1 aliphatic rings. The fourth-order valence-electron chi connectivity index (χ4n) is 2.94. The van der Waals surface area contributed by atoms with Crippen molar-refractivity contribution in [2.45, 2.75) is 47.0 Å². The Hall–Kier alpha value is -1.23. The van der Waals surface area contributed by atoms with E-state index in [-0.39, 0.29) is 0 Å². The first kappa shape index (κ1) is 15.2. The Bertz CT molecular complexity index is 525. The van der Waals surface area contributed by atoms with E-state index in [2.05, 4.69) is 42.8 Å². The van der Waals surface area contributed by atoms with Crippen LogP contribution in [-0.2, 0) is 12.8 Å². The van der Waals surface area contributed by atoms with Crippen LogP contribution < -0.4 is 10.6 Å². The highest BCUT2D eigenvalue weighted by atomic mass is 32.1. The van der Waals surface area contributed by atoms with Crippen LogP contribution in [0.15, 0.2) is 0 Å². The molecule has 20 heavy (non-hydrogen) atoms. The van der Waals surface area contributed by atoms with Crippen molar-refractivity contribution in [2.75, 3.05) is 18.0 Å². The van der Waals surface area contributed by atoms with Crippen molar-refractivity contribution in [1.82, 2.24) is 10.2 Å². The number of aromatic nitrogens is 2. The minimum absolute atomic E-state index is 0.310. The van der Waals surface area contributed by atoms with Crippen molar-refractivity contribution in [1.29, 1.82) is 0 Å². The number of rotatable bonds is 4. The minimum Gasteiger partial charge on any atom is -0.389 e. The monoisotopic (exact) mass is 292 g/mol. The molecule has 1 fully saturated rings. The zero-order valence-corrected chi connectivity index (χ0v) is 13.7. The topological polar surface area (TPSA) is 55.0 Å². The molecule has 110 valence electrons. The lowest BCUT2D eigenvalue weighted by Crippen LogP contribution is -2.28. The molecule has 0 radical (unpaired) electrons. The van der Waals surface area contributed by atoms with Crippen LogP contribution in [0.25, 0.3) is 0 Å². The second-order valence-electron chi connectivity index (χ2n) is 6.23. The predicted molar refractivity (Wildman–Crippen MR) is 87.3 cm³/mol.